The smallest absolute Gasteiger partial charge is 0.178 e. The van der Waals surface area contributed by atoms with E-state index < -0.39 is 9.84 Å². The molecule has 2 unspecified atom stereocenters. The van der Waals surface area contributed by atoms with Crippen molar-refractivity contribution in [3.63, 3.8) is 0 Å². The molecular formula is C11H19N3O2S. The predicted octanol–water partition coefficient (Wildman–Crippen LogP) is 0.804. The Morgan fingerprint density at radius 3 is 2.82 bits per heavy atom. The summed E-state index contributed by atoms with van der Waals surface area (Å²) in [5.41, 5.74) is 5.99. The second kappa shape index (κ2) is 4.78. The molecule has 0 bridgehead atoms. The van der Waals surface area contributed by atoms with Gasteiger partial charge in [0.2, 0.25) is 0 Å². The van der Waals surface area contributed by atoms with Gasteiger partial charge in [-0.05, 0) is 25.2 Å². The highest BCUT2D eigenvalue weighted by molar-refractivity contribution is 7.90. The predicted molar refractivity (Wildman–Crippen MR) is 65.3 cm³/mol. The average molecular weight is 257 g/mol. The first kappa shape index (κ1) is 12.6. The van der Waals surface area contributed by atoms with Crippen LogP contribution in [0.4, 0.5) is 0 Å². The minimum Gasteiger partial charge on any atom is -0.327 e. The summed E-state index contributed by atoms with van der Waals surface area (Å²) in [5, 5.41) is 4.07. The van der Waals surface area contributed by atoms with Gasteiger partial charge in [0.05, 0.1) is 6.20 Å². The lowest BCUT2D eigenvalue weighted by Crippen LogP contribution is -2.25. The zero-order valence-electron chi connectivity index (χ0n) is 10.0. The van der Waals surface area contributed by atoms with Gasteiger partial charge in [0, 0.05) is 25.0 Å². The van der Waals surface area contributed by atoms with Gasteiger partial charge in [-0.2, -0.15) is 5.10 Å². The molecule has 1 saturated carbocycles. The highest BCUT2D eigenvalue weighted by Gasteiger charge is 2.23. The van der Waals surface area contributed by atoms with E-state index in [4.69, 9.17) is 5.73 Å². The molecule has 0 aliphatic heterocycles. The van der Waals surface area contributed by atoms with E-state index in [2.05, 4.69) is 5.10 Å². The Balaban J connectivity index is 1.94. The van der Waals surface area contributed by atoms with Crippen molar-refractivity contribution in [3.05, 3.63) is 12.4 Å². The van der Waals surface area contributed by atoms with Crippen LogP contribution in [0.3, 0.4) is 0 Å². The molecule has 1 aromatic rings. The van der Waals surface area contributed by atoms with E-state index in [1.807, 2.05) is 0 Å². The first-order valence-electron chi connectivity index (χ1n) is 5.95. The van der Waals surface area contributed by atoms with Gasteiger partial charge in [0.25, 0.3) is 0 Å². The molecule has 2 atom stereocenters. The number of sulfone groups is 1. The Morgan fingerprint density at radius 1 is 1.53 bits per heavy atom. The van der Waals surface area contributed by atoms with Gasteiger partial charge in [0.15, 0.2) is 9.84 Å². The van der Waals surface area contributed by atoms with Crippen LogP contribution in [-0.4, -0.2) is 30.5 Å². The number of aryl methyl sites for hydroxylation is 1. The lowest BCUT2D eigenvalue weighted by Gasteiger charge is -2.14. The molecule has 1 fully saturated rings. The van der Waals surface area contributed by atoms with Gasteiger partial charge in [-0.15, -0.1) is 0 Å². The van der Waals surface area contributed by atoms with Crippen LogP contribution in [0.2, 0.25) is 0 Å². The van der Waals surface area contributed by atoms with Crippen molar-refractivity contribution in [1.82, 2.24) is 9.78 Å². The van der Waals surface area contributed by atoms with Crippen molar-refractivity contribution >= 4 is 9.84 Å². The van der Waals surface area contributed by atoms with Gasteiger partial charge in [-0.1, -0.05) is 6.42 Å². The summed E-state index contributed by atoms with van der Waals surface area (Å²) in [6.07, 6.45) is 8.67. The quantitative estimate of drug-likeness (QED) is 0.865. The van der Waals surface area contributed by atoms with Gasteiger partial charge in [-0.25, -0.2) is 8.42 Å². The Labute approximate surface area is 102 Å². The molecule has 2 rings (SSSR count). The molecule has 0 aromatic carbocycles. The molecule has 1 aliphatic rings. The molecule has 0 radical (unpaired) electrons. The first-order chi connectivity index (χ1) is 7.97. The Kier molecular flexibility index (Phi) is 3.53. The molecule has 0 saturated heterocycles. The largest absolute Gasteiger partial charge is 0.327 e. The maximum atomic E-state index is 11.3. The zero-order valence-corrected chi connectivity index (χ0v) is 10.9. The van der Waals surface area contributed by atoms with Crippen molar-refractivity contribution < 1.29 is 8.42 Å². The summed E-state index contributed by atoms with van der Waals surface area (Å²) in [7, 11) is -3.14. The summed E-state index contributed by atoms with van der Waals surface area (Å²) in [5.74, 6) is 0.556. The molecule has 96 valence electrons. The number of hydrogen-bond donors (Lipinski definition) is 1. The van der Waals surface area contributed by atoms with Crippen LogP contribution in [0.5, 0.6) is 0 Å². The Hall–Kier alpha value is -0.880. The van der Waals surface area contributed by atoms with Crippen LogP contribution in [0, 0.1) is 5.92 Å². The number of hydrogen-bond acceptors (Lipinski definition) is 4. The third kappa shape index (κ3) is 3.07. The van der Waals surface area contributed by atoms with E-state index in [0.29, 0.717) is 12.0 Å². The topological polar surface area (TPSA) is 78.0 Å². The van der Waals surface area contributed by atoms with Gasteiger partial charge < -0.3 is 5.73 Å². The van der Waals surface area contributed by atoms with Crippen molar-refractivity contribution in [1.29, 1.82) is 0 Å². The molecule has 1 aromatic heterocycles. The maximum Gasteiger partial charge on any atom is 0.178 e. The number of nitrogens with zero attached hydrogens (tertiary/aromatic N) is 2. The molecule has 5 nitrogen and oxygen atoms in total. The summed E-state index contributed by atoms with van der Waals surface area (Å²) in [6.45, 7) is 0.744. The fourth-order valence-corrected chi connectivity index (χ4v) is 2.93. The highest BCUT2D eigenvalue weighted by Crippen LogP contribution is 2.27. The van der Waals surface area contributed by atoms with Crippen molar-refractivity contribution in [2.75, 3.05) is 6.26 Å². The molecule has 2 N–H and O–H groups in total. The van der Waals surface area contributed by atoms with Crippen LogP contribution < -0.4 is 5.73 Å². The molecule has 17 heavy (non-hydrogen) atoms. The summed E-state index contributed by atoms with van der Waals surface area (Å²) in [6, 6.07) is 0.306. The van der Waals surface area contributed by atoms with Crippen LogP contribution in [0.15, 0.2) is 17.3 Å². The minimum atomic E-state index is -3.14. The fraction of sp³-hybridized carbons (Fsp3) is 0.727. The third-order valence-electron chi connectivity index (χ3n) is 3.48. The summed E-state index contributed by atoms with van der Waals surface area (Å²) >= 11 is 0. The van der Waals surface area contributed by atoms with E-state index in [-0.39, 0.29) is 4.90 Å². The van der Waals surface area contributed by atoms with Crippen molar-refractivity contribution in [2.24, 2.45) is 11.7 Å². The highest BCUT2D eigenvalue weighted by atomic mass is 32.2. The first-order valence-corrected chi connectivity index (χ1v) is 7.84. The summed E-state index contributed by atoms with van der Waals surface area (Å²) < 4.78 is 24.3. The van der Waals surface area contributed by atoms with Gasteiger partial charge >= 0.3 is 0 Å². The third-order valence-corrected chi connectivity index (χ3v) is 4.55. The zero-order chi connectivity index (χ0) is 12.5. The summed E-state index contributed by atoms with van der Waals surface area (Å²) in [4.78, 5) is 0.285. The molecule has 0 amide bonds. The van der Waals surface area contributed by atoms with Gasteiger partial charge in [0.1, 0.15) is 4.90 Å². The van der Waals surface area contributed by atoms with Crippen LogP contribution in [0.25, 0.3) is 0 Å². The molecule has 6 heteroatoms. The second-order valence-electron chi connectivity index (χ2n) is 4.85. The fourth-order valence-electron chi connectivity index (χ4n) is 2.38. The van der Waals surface area contributed by atoms with Crippen molar-refractivity contribution in [3.8, 4) is 0 Å². The number of aromatic nitrogens is 2. The van der Waals surface area contributed by atoms with Crippen LogP contribution in [-0.2, 0) is 16.4 Å². The van der Waals surface area contributed by atoms with E-state index in [1.54, 1.807) is 10.9 Å². The maximum absolute atomic E-state index is 11.3. The van der Waals surface area contributed by atoms with Crippen molar-refractivity contribution in [2.45, 2.75) is 43.2 Å². The van der Waals surface area contributed by atoms with Crippen LogP contribution in [0.1, 0.15) is 25.7 Å². The average Bonchev–Trinajstić information content (AvgIpc) is 2.82. The molecule has 1 heterocycles. The molecule has 1 aliphatic carbocycles. The molecule has 0 spiro atoms. The minimum absolute atomic E-state index is 0.285. The standard InChI is InChI=1S/C11H19N3O2S/c1-17(15,16)10-7-13-14(8-10)6-5-9-3-2-4-11(9)12/h7-9,11H,2-6,12H2,1H3. The van der Waals surface area contributed by atoms with E-state index in [0.717, 1.165) is 19.4 Å². The van der Waals surface area contributed by atoms with E-state index in [1.165, 1.54) is 25.3 Å². The lowest BCUT2D eigenvalue weighted by molar-refractivity contribution is 0.402. The van der Waals surface area contributed by atoms with Gasteiger partial charge in [-0.3, -0.25) is 4.68 Å². The monoisotopic (exact) mass is 257 g/mol. The number of rotatable bonds is 4. The Bertz CT molecular complexity index is 481. The second-order valence-corrected chi connectivity index (χ2v) is 6.87. The van der Waals surface area contributed by atoms with E-state index in [9.17, 15) is 8.42 Å². The SMILES string of the molecule is CS(=O)(=O)c1cnn(CCC2CCCC2N)c1. The van der Waals surface area contributed by atoms with Crippen LogP contribution >= 0.6 is 0 Å². The molecular weight excluding hydrogens is 238 g/mol. The Morgan fingerprint density at radius 2 is 2.29 bits per heavy atom. The number of nitrogens with two attached hydrogens (primary N) is 1. The lowest BCUT2D eigenvalue weighted by atomic mass is 10.0. The normalized spacial score (nSPS) is 25.3. The van der Waals surface area contributed by atoms with E-state index >= 15 is 0 Å².